The number of H-pyrrole nitrogens is 1. The summed E-state index contributed by atoms with van der Waals surface area (Å²) in [6.45, 7) is 0. The summed E-state index contributed by atoms with van der Waals surface area (Å²) in [4.78, 5) is 18.0. The average Bonchev–Trinajstić information content (AvgIpc) is 2.59. The number of carbonyl (C=O) groups excluding carboxylic acids is 1. The molecule has 0 bridgehead atoms. The van der Waals surface area contributed by atoms with E-state index in [-0.39, 0.29) is 5.82 Å². The number of hydrogen-bond acceptors (Lipinski definition) is 3. The lowest BCUT2D eigenvalue weighted by atomic mass is 10.3. The van der Waals surface area contributed by atoms with Crippen molar-refractivity contribution in [3.05, 3.63) is 29.0 Å². The second kappa shape index (κ2) is 3.31. The molecule has 4 nitrogen and oxygen atoms in total. The molecule has 14 heavy (non-hydrogen) atoms. The fourth-order valence-electron chi connectivity index (χ4n) is 1.17. The van der Waals surface area contributed by atoms with Gasteiger partial charge in [-0.05, 0) is 18.2 Å². The topological polar surface area (TPSA) is 55.0 Å². The molecule has 2 rings (SSSR count). The molecule has 0 amide bonds. The quantitative estimate of drug-likeness (QED) is 0.733. The summed E-state index contributed by atoms with van der Waals surface area (Å²) in [5.74, 6) is -0.304. The first-order chi connectivity index (χ1) is 6.70. The first kappa shape index (κ1) is 9.02. The Labute approximate surface area is 84.9 Å². The summed E-state index contributed by atoms with van der Waals surface area (Å²) in [6, 6.07) is 5.17. The van der Waals surface area contributed by atoms with Gasteiger partial charge in [-0.25, -0.2) is 9.78 Å². The van der Waals surface area contributed by atoms with Crippen LogP contribution < -0.4 is 0 Å². The monoisotopic (exact) mass is 210 g/mol. The molecular weight excluding hydrogens is 204 g/mol. The van der Waals surface area contributed by atoms with Gasteiger partial charge in [0.1, 0.15) is 0 Å². The highest BCUT2D eigenvalue weighted by molar-refractivity contribution is 6.31. The van der Waals surface area contributed by atoms with Gasteiger partial charge in [-0.2, -0.15) is 0 Å². The number of aromatic amines is 1. The average molecular weight is 211 g/mol. The van der Waals surface area contributed by atoms with Crippen molar-refractivity contribution in [2.45, 2.75) is 0 Å². The van der Waals surface area contributed by atoms with Crippen LogP contribution in [0.15, 0.2) is 18.2 Å². The smallest absolute Gasteiger partial charge is 0.374 e. The van der Waals surface area contributed by atoms with E-state index in [0.717, 1.165) is 5.52 Å². The van der Waals surface area contributed by atoms with Gasteiger partial charge in [0.2, 0.25) is 5.82 Å². The lowest BCUT2D eigenvalue weighted by Gasteiger charge is -1.90. The first-order valence-electron chi connectivity index (χ1n) is 3.94. The number of esters is 1. The number of nitrogens with zero attached hydrogens (tertiary/aromatic N) is 1. The van der Waals surface area contributed by atoms with Gasteiger partial charge in [0.05, 0.1) is 18.1 Å². The van der Waals surface area contributed by atoms with Gasteiger partial charge in [0.15, 0.2) is 0 Å². The van der Waals surface area contributed by atoms with E-state index in [1.165, 1.54) is 7.11 Å². The van der Waals surface area contributed by atoms with Gasteiger partial charge in [-0.15, -0.1) is 0 Å². The summed E-state index contributed by atoms with van der Waals surface area (Å²) >= 11 is 5.77. The number of halogens is 1. The Balaban J connectivity index is 2.56. The maximum absolute atomic E-state index is 11.1. The van der Waals surface area contributed by atoms with Gasteiger partial charge < -0.3 is 9.72 Å². The molecule has 1 N–H and O–H groups in total. The van der Waals surface area contributed by atoms with Crippen LogP contribution in [0.2, 0.25) is 5.02 Å². The standard InChI is InChI=1S/C9H7ClN2O2/c1-14-9(13)8-11-6-3-2-5(10)4-7(6)12-8/h2-4H,1H3,(H,11,12). The third-order valence-electron chi connectivity index (χ3n) is 1.82. The van der Waals surface area contributed by atoms with Crippen LogP contribution >= 0.6 is 11.6 Å². The van der Waals surface area contributed by atoms with Crippen LogP contribution in [0, 0.1) is 0 Å². The van der Waals surface area contributed by atoms with Crippen LogP contribution in [-0.4, -0.2) is 23.0 Å². The zero-order valence-electron chi connectivity index (χ0n) is 7.37. The zero-order chi connectivity index (χ0) is 10.1. The zero-order valence-corrected chi connectivity index (χ0v) is 8.13. The summed E-state index contributed by atoms with van der Waals surface area (Å²) in [5.41, 5.74) is 1.41. The molecule has 1 aromatic heterocycles. The van der Waals surface area contributed by atoms with Crippen LogP contribution in [0.1, 0.15) is 10.6 Å². The minimum atomic E-state index is -0.489. The van der Waals surface area contributed by atoms with E-state index in [0.29, 0.717) is 10.5 Å². The van der Waals surface area contributed by atoms with Crippen molar-refractivity contribution in [1.82, 2.24) is 9.97 Å². The minimum absolute atomic E-state index is 0.185. The molecule has 0 spiro atoms. The summed E-state index contributed by atoms with van der Waals surface area (Å²) in [5, 5.41) is 0.584. The highest BCUT2D eigenvalue weighted by atomic mass is 35.5. The largest absolute Gasteiger partial charge is 0.463 e. The van der Waals surface area contributed by atoms with Crippen LogP contribution in [0.4, 0.5) is 0 Å². The van der Waals surface area contributed by atoms with Crippen molar-refractivity contribution in [3.8, 4) is 0 Å². The van der Waals surface area contributed by atoms with E-state index in [1.54, 1.807) is 18.2 Å². The van der Waals surface area contributed by atoms with Crippen LogP contribution in [0.25, 0.3) is 11.0 Å². The second-order valence-electron chi connectivity index (χ2n) is 2.74. The van der Waals surface area contributed by atoms with Gasteiger partial charge in [-0.1, -0.05) is 11.6 Å². The van der Waals surface area contributed by atoms with Crippen molar-refractivity contribution < 1.29 is 9.53 Å². The van der Waals surface area contributed by atoms with E-state index in [9.17, 15) is 4.79 Å². The predicted octanol–water partition coefficient (Wildman–Crippen LogP) is 2.00. The molecule has 0 atom stereocenters. The molecule has 1 heterocycles. The fraction of sp³-hybridized carbons (Fsp3) is 0.111. The molecule has 2 aromatic rings. The molecule has 0 aliphatic rings. The Morgan fingerprint density at radius 1 is 1.57 bits per heavy atom. The fourth-order valence-corrected chi connectivity index (χ4v) is 1.34. The Hall–Kier alpha value is -1.55. The summed E-state index contributed by atoms with van der Waals surface area (Å²) in [6.07, 6.45) is 0. The predicted molar refractivity (Wildman–Crippen MR) is 52.4 cm³/mol. The number of benzene rings is 1. The third-order valence-corrected chi connectivity index (χ3v) is 2.06. The lowest BCUT2D eigenvalue weighted by molar-refractivity contribution is 0.0588. The Morgan fingerprint density at radius 3 is 3.07 bits per heavy atom. The number of methoxy groups -OCH3 is 1. The molecule has 0 aliphatic heterocycles. The van der Waals surface area contributed by atoms with Crippen LogP contribution in [0.5, 0.6) is 0 Å². The van der Waals surface area contributed by atoms with Gasteiger partial charge in [0.25, 0.3) is 0 Å². The van der Waals surface area contributed by atoms with Gasteiger partial charge in [0, 0.05) is 5.02 Å². The maximum atomic E-state index is 11.1. The van der Waals surface area contributed by atoms with Gasteiger partial charge in [-0.3, -0.25) is 0 Å². The molecule has 0 aliphatic carbocycles. The van der Waals surface area contributed by atoms with E-state index in [4.69, 9.17) is 11.6 Å². The number of fused-ring (bicyclic) bond motifs is 1. The van der Waals surface area contributed by atoms with E-state index >= 15 is 0 Å². The highest BCUT2D eigenvalue weighted by Crippen LogP contribution is 2.17. The normalized spacial score (nSPS) is 10.4. The molecule has 0 unspecified atom stereocenters. The van der Waals surface area contributed by atoms with E-state index in [1.807, 2.05) is 0 Å². The van der Waals surface area contributed by atoms with Crippen LogP contribution in [0.3, 0.4) is 0 Å². The van der Waals surface area contributed by atoms with Crippen molar-refractivity contribution >= 4 is 28.6 Å². The molecule has 72 valence electrons. The number of aromatic nitrogens is 2. The summed E-state index contributed by atoms with van der Waals surface area (Å²) < 4.78 is 4.53. The maximum Gasteiger partial charge on any atom is 0.374 e. The molecule has 0 saturated heterocycles. The molecular formula is C9H7ClN2O2. The number of nitrogens with one attached hydrogen (secondary N) is 1. The second-order valence-corrected chi connectivity index (χ2v) is 3.17. The highest BCUT2D eigenvalue weighted by Gasteiger charge is 2.10. The minimum Gasteiger partial charge on any atom is -0.463 e. The SMILES string of the molecule is COC(=O)c1nc2cc(Cl)ccc2[nH]1. The molecule has 0 saturated carbocycles. The molecule has 0 fully saturated rings. The van der Waals surface area contributed by atoms with Crippen molar-refractivity contribution in [2.24, 2.45) is 0 Å². The third kappa shape index (κ3) is 1.44. The van der Waals surface area contributed by atoms with Crippen molar-refractivity contribution in [1.29, 1.82) is 0 Å². The van der Waals surface area contributed by atoms with Crippen molar-refractivity contribution in [2.75, 3.05) is 7.11 Å². The van der Waals surface area contributed by atoms with Crippen LogP contribution in [-0.2, 0) is 4.74 Å². The molecule has 0 radical (unpaired) electrons. The first-order valence-corrected chi connectivity index (χ1v) is 4.32. The summed E-state index contributed by atoms with van der Waals surface area (Å²) in [7, 11) is 1.31. The van der Waals surface area contributed by atoms with E-state index < -0.39 is 5.97 Å². The van der Waals surface area contributed by atoms with E-state index in [2.05, 4.69) is 14.7 Å². The number of carbonyl (C=O) groups is 1. The number of imidazole rings is 1. The Kier molecular flexibility index (Phi) is 2.13. The Bertz CT molecular complexity index is 493. The van der Waals surface area contributed by atoms with Crippen molar-refractivity contribution in [3.63, 3.8) is 0 Å². The Morgan fingerprint density at radius 2 is 2.36 bits per heavy atom. The number of rotatable bonds is 1. The number of hydrogen-bond donors (Lipinski definition) is 1. The molecule has 1 aromatic carbocycles. The number of ether oxygens (including phenoxy) is 1. The molecule has 5 heteroatoms. The van der Waals surface area contributed by atoms with Gasteiger partial charge >= 0.3 is 5.97 Å². The lowest BCUT2D eigenvalue weighted by Crippen LogP contribution is -2.02.